The third kappa shape index (κ3) is 3.30. The maximum Gasteiger partial charge on any atom is 0.270 e. The van der Waals surface area contributed by atoms with E-state index in [1.807, 2.05) is 0 Å². The first-order valence-corrected chi connectivity index (χ1v) is 8.31. The van der Waals surface area contributed by atoms with Gasteiger partial charge in [0.05, 0.1) is 10.4 Å². The number of H-pyrrole nitrogens is 1. The van der Waals surface area contributed by atoms with E-state index in [2.05, 4.69) is 15.5 Å². The fourth-order valence-corrected chi connectivity index (χ4v) is 2.88. The van der Waals surface area contributed by atoms with Crippen molar-refractivity contribution in [1.82, 2.24) is 10.2 Å². The second kappa shape index (κ2) is 6.92. The monoisotopic (exact) mass is 376 g/mol. The van der Waals surface area contributed by atoms with E-state index in [4.69, 9.17) is 0 Å². The quantitative estimate of drug-likeness (QED) is 0.404. The van der Waals surface area contributed by atoms with E-state index in [-0.39, 0.29) is 11.6 Å². The normalized spacial score (nSPS) is 10.8. The van der Waals surface area contributed by atoms with Gasteiger partial charge in [0.2, 0.25) is 0 Å². The van der Waals surface area contributed by atoms with Gasteiger partial charge in [-0.15, -0.1) is 0 Å². The van der Waals surface area contributed by atoms with Crippen molar-refractivity contribution in [2.24, 2.45) is 0 Å². The first kappa shape index (κ1) is 17.3. The highest BCUT2D eigenvalue weighted by Gasteiger charge is 2.14. The Bertz CT molecular complexity index is 1200. The van der Waals surface area contributed by atoms with Gasteiger partial charge in [-0.1, -0.05) is 12.1 Å². The zero-order valence-corrected chi connectivity index (χ0v) is 14.3. The molecule has 0 saturated carbocycles. The second-order valence-corrected chi connectivity index (χ2v) is 6.10. The van der Waals surface area contributed by atoms with Crippen LogP contribution in [-0.4, -0.2) is 21.0 Å². The van der Waals surface area contributed by atoms with E-state index < -0.39 is 10.7 Å². The standard InChI is InChI=1S/C20H13FN4O3/c21-14-6-4-12(5-7-14)20(26)22-15-8-9-18-17(11-15)19(24-23-18)13-2-1-3-16(10-13)25(27)28/h1-11H,(H,22,26)(H,23,24). The maximum absolute atomic E-state index is 13.0. The highest BCUT2D eigenvalue weighted by Crippen LogP contribution is 2.30. The molecule has 0 aliphatic rings. The zero-order valence-electron chi connectivity index (χ0n) is 14.3. The van der Waals surface area contributed by atoms with Crippen LogP contribution in [-0.2, 0) is 0 Å². The van der Waals surface area contributed by atoms with Crippen LogP contribution in [0.25, 0.3) is 22.2 Å². The van der Waals surface area contributed by atoms with E-state index in [0.717, 1.165) is 5.52 Å². The summed E-state index contributed by atoms with van der Waals surface area (Å²) in [5, 5.41) is 21.6. The summed E-state index contributed by atoms with van der Waals surface area (Å²) < 4.78 is 13.0. The molecule has 8 heteroatoms. The fourth-order valence-electron chi connectivity index (χ4n) is 2.88. The maximum atomic E-state index is 13.0. The molecule has 0 saturated heterocycles. The molecule has 0 bridgehead atoms. The summed E-state index contributed by atoms with van der Waals surface area (Å²) in [6.45, 7) is 0. The van der Waals surface area contributed by atoms with Gasteiger partial charge in [-0.2, -0.15) is 5.10 Å². The number of benzene rings is 3. The number of hydrogen-bond acceptors (Lipinski definition) is 4. The van der Waals surface area contributed by atoms with Gasteiger partial charge in [-0.05, 0) is 42.5 Å². The Morgan fingerprint density at radius 1 is 1.07 bits per heavy atom. The smallest absolute Gasteiger partial charge is 0.270 e. The fraction of sp³-hybridized carbons (Fsp3) is 0. The lowest BCUT2D eigenvalue weighted by Crippen LogP contribution is -2.11. The number of nitrogens with one attached hydrogen (secondary N) is 2. The van der Waals surface area contributed by atoms with Crippen LogP contribution >= 0.6 is 0 Å². The molecule has 0 spiro atoms. The number of hydrogen-bond donors (Lipinski definition) is 2. The van der Waals surface area contributed by atoms with E-state index in [1.165, 1.54) is 36.4 Å². The molecule has 0 fully saturated rings. The van der Waals surface area contributed by atoms with Crippen molar-refractivity contribution in [3.63, 3.8) is 0 Å². The number of carbonyl (C=O) groups excluding carboxylic acids is 1. The van der Waals surface area contributed by atoms with Crippen molar-refractivity contribution in [2.75, 3.05) is 5.32 Å². The van der Waals surface area contributed by atoms with E-state index in [0.29, 0.717) is 27.9 Å². The van der Waals surface area contributed by atoms with Crippen LogP contribution in [0, 0.1) is 15.9 Å². The minimum atomic E-state index is -0.466. The number of aromatic nitrogens is 2. The summed E-state index contributed by atoms with van der Waals surface area (Å²) >= 11 is 0. The number of aromatic amines is 1. The van der Waals surface area contributed by atoms with E-state index >= 15 is 0 Å². The van der Waals surface area contributed by atoms with Crippen LogP contribution in [0.15, 0.2) is 66.7 Å². The Balaban J connectivity index is 1.68. The first-order chi connectivity index (χ1) is 13.5. The van der Waals surface area contributed by atoms with Crippen molar-refractivity contribution in [1.29, 1.82) is 0 Å². The molecule has 4 rings (SSSR count). The Kier molecular flexibility index (Phi) is 4.29. The molecular weight excluding hydrogens is 363 g/mol. The SMILES string of the molecule is O=C(Nc1ccc2[nH]nc(-c3cccc([N+](=O)[O-])c3)c2c1)c1ccc(F)cc1. The van der Waals surface area contributed by atoms with Gasteiger partial charge in [-0.3, -0.25) is 20.0 Å². The molecule has 0 unspecified atom stereocenters. The number of carbonyl (C=O) groups is 1. The van der Waals surface area contributed by atoms with Crippen molar-refractivity contribution in [2.45, 2.75) is 0 Å². The van der Waals surface area contributed by atoms with Crippen molar-refractivity contribution >= 4 is 28.2 Å². The number of nitro groups is 1. The molecule has 1 heterocycles. The topological polar surface area (TPSA) is 101 Å². The second-order valence-electron chi connectivity index (χ2n) is 6.10. The number of rotatable bonds is 4. The van der Waals surface area contributed by atoms with Gasteiger partial charge < -0.3 is 5.32 Å². The van der Waals surface area contributed by atoms with Crippen molar-refractivity contribution in [3.05, 3.63) is 88.2 Å². The van der Waals surface area contributed by atoms with Crippen molar-refractivity contribution in [3.8, 4) is 11.3 Å². The summed E-state index contributed by atoms with van der Waals surface area (Å²) in [7, 11) is 0. The van der Waals surface area contributed by atoms with Crippen LogP contribution in [0.5, 0.6) is 0 Å². The number of fused-ring (bicyclic) bond motifs is 1. The van der Waals surface area contributed by atoms with E-state index in [1.54, 1.807) is 30.3 Å². The number of non-ortho nitro benzene ring substituents is 1. The Labute approximate surface area is 158 Å². The summed E-state index contributed by atoms with van der Waals surface area (Å²) in [6, 6.07) is 16.6. The van der Waals surface area contributed by atoms with Crippen LogP contribution < -0.4 is 5.32 Å². The highest BCUT2D eigenvalue weighted by molar-refractivity contribution is 6.06. The summed E-state index contributed by atoms with van der Waals surface area (Å²) in [4.78, 5) is 22.9. The molecule has 1 aromatic heterocycles. The predicted octanol–water partition coefficient (Wildman–Crippen LogP) is 4.53. The van der Waals surface area contributed by atoms with Gasteiger partial charge in [0.25, 0.3) is 11.6 Å². The number of amides is 1. The number of nitrogens with zero attached hydrogens (tertiary/aromatic N) is 2. The van der Waals surface area contributed by atoms with Crippen LogP contribution in [0.4, 0.5) is 15.8 Å². The summed E-state index contributed by atoms with van der Waals surface area (Å²) in [5.41, 5.74) is 2.66. The number of nitro benzene ring substituents is 1. The molecule has 0 atom stereocenters. The molecule has 0 aliphatic carbocycles. The summed E-state index contributed by atoms with van der Waals surface area (Å²) in [6.07, 6.45) is 0. The minimum absolute atomic E-state index is 0.0329. The lowest BCUT2D eigenvalue weighted by molar-refractivity contribution is -0.384. The van der Waals surface area contributed by atoms with Gasteiger partial charge in [0, 0.05) is 34.3 Å². The summed E-state index contributed by atoms with van der Waals surface area (Å²) in [5.74, 6) is -0.794. The lowest BCUT2D eigenvalue weighted by atomic mass is 10.1. The molecular formula is C20H13FN4O3. The predicted molar refractivity (Wildman–Crippen MR) is 103 cm³/mol. The number of anilines is 1. The highest BCUT2D eigenvalue weighted by atomic mass is 19.1. The molecule has 28 heavy (non-hydrogen) atoms. The average Bonchev–Trinajstić information content (AvgIpc) is 3.12. The van der Waals surface area contributed by atoms with Crippen LogP contribution in [0.1, 0.15) is 10.4 Å². The van der Waals surface area contributed by atoms with E-state index in [9.17, 15) is 19.3 Å². The largest absolute Gasteiger partial charge is 0.322 e. The third-order valence-corrected chi connectivity index (χ3v) is 4.26. The van der Waals surface area contributed by atoms with Gasteiger partial charge in [-0.25, -0.2) is 4.39 Å². The molecule has 0 aliphatic heterocycles. The first-order valence-electron chi connectivity index (χ1n) is 8.31. The molecule has 3 aromatic carbocycles. The van der Waals surface area contributed by atoms with Crippen LogP contribution in [0.3, 0.4) is 0 Å². The molecule has 0 radical (unpaired) electrons. The molecule has 4 aromatic rings. The average molecular weight is 376 g/mol. The molecule has 2 N–H and O–H groups in total. The third-order valence-electron chi connectivity index (χ3n) is 4.26. The van der Waals surface area contributed by atoms with Gasteiger partial charge in [0.15, 0.2) is 0 Å². The van der Waals surface area contributed by atoms with Gasteiger partial charge >= 0.3 is 0 Å². The molecule has 7 nitrogen and oxygen atoms in total. The zero-order chi connectivity index (χ0) is 19.7. The molecule has 138 valence electrons. The van der Waals surface area contributed by atoms with Crippen molar-refractivity contribution < 1.29 is 14.1 Å². The van der Waals surface area contributed by atoms with Gasteiger partial charge in [0.1, 0.15) is 11.5 Å². The Morgan fingerprint density at radius 3 is 2.61 bits per heavy atom. The molecule has 1 amide bonds. The van der Waals surface area contributed by atoms with Crippen LogP contribution in [0.2, 0.25) is 0 Å². The minimum Gasteiger partial charge on any atom is -0.322 e. The Morgan fingerprint density at radius 2 is 1.86 bits per heavy atom. The number of halogens is 1. The lowest BCUT2D eigenvalue weighted by Gasteiger charge is -2.06. The Hall–Kier alpha value is -4.07.